The van der Waals surface area contributed by atoms with Gasteiger partial charge in [-0.15, -0.1) is 0 Å². The number of phenols is 1. The van der Waals surface area contributed by atoms with Gasteiger partial charge < -0.3 is 19.5 Å². The predicted octanol–water partition coefficient (Wildman–Crippen LogP) is 1.91. The van der Waals surface area contributed by atoms with E-state index in [0.717, 1.165) is 0 Å². The Morgan fingerprint density at radius 1 is 1.34 bits per heavy atom. The number of morpholine rings is 1. The highest BCUT2D eigenvalue weighted by Gasteiger charge is 2.23. The van der Waals surface area contributed by atoms with Crippen molar-refractivity contribution in [2.24, 2.45) is 5.10 Å². The zero-order chi connectivity index (χ0) is 20.8. The molecule has 2 N–H and O–H groups in total. The van der Waals surface area contributed by atoms with E-state index in [9.17, 15) is 20.0 Å². The molecule has 2 aromatic carbocycles. The van der Waals surface area contributed by atoms with E-state index >= 15 is 0 Å². The Morgan fingerprint density at radius 3 is 2.79 bits per heavy atom. The van der Waals surface area contributed by atoms with Gasteiger partial charge in [-0.05, 0) is 24.3 Å². The highest BCUT2D eigenvalue weighted by Crippen LogP contribution is 2.30. The molecule has 0 spiro atoms. The topological polar surface area (TPSA) is 127 Å². The van der Waals surface area contributed by atoms with Crippen LogP contribution >= 0.6 is 0 Å². The molecule has 10 heteroatoms. The zero-order valence-electron chi connectivity index (χ0n) is 15.7. The lowest BCUT2D eigenvalue weighted by Crippen LogP contribution is -2.36. The number of anilines is 1. The van der Waals surface area contributed by atoms with Gasteiger partial charge in [0, 0.05) is 30.3 Å². The van der Waals surface area contributed by atoms with Gasteiger partial charge in [0.2, 0.25) is 0 Å². The molecule has 0 saturated carbocycles. The number of nitrogens with zero attached hydrogens (tertiary/aromatic N) is 3. The number of benzene rings is 2. The van der Waals surface area contributed by atoms with Crippen molar-refractivity contribution in [2.45, 2.75) is 0 Å². The minimum atomic E-state index is -0.611. The lowest BCUT2D eigenvalue weighted by atomic mass is 10.1. The standard InChI is InChI=1S/C19H20N4O6/c1-28-17-4-2-3-14(18(17)24)12-20-21-19(25)13-5-6-15(16(11-13)23(26)27)22-7-9-29-10-8-22/h2-6,11-12,24H,7-10H2,1H3,(H,21,25)/b20-12+. The Morgan fingerprint density at radius 2 is 2.10 bits per heavy atom. The number of aromatic hydroxyl groups is 1. The van der Waals surface area contributed by atoms with Crippen LogP contribution < -0.4 is 15.1 Å². The summed E-state index contributed by atoms with van der Waals surface area (Å²) in [5, 5.41) is 25.3. The van der Waals surface area contributed by atoms with Crippen LogP contribution in [-0.4, -0.2) is 55.6 Å². The summed E-state index contributed by atoms with van der Waals surface area (Å²) in [6.45, 7) is 2.07. The highest BCUT2D eigenvalue weighted by atomic mass is 16.6. The molecule has 0 aliphatic carbocycles. The summed E-state index contributed by atoms with van der Waals surface area (Å²) in [5.41, 5.74) is 3.03. The van der Waals surface area contributed by atoms with E-state index < -0.39 is 10.8 Å². The number of rotatable bonds is 6. The number of hydrogen-bond donors (Lipinski definition) is 2. The first-order valence-electron chi connectivity index (χ1n) is 8.81. The maximum absolute atomic E-state index is 12.3. The smallest absolute Gasteiger partial charge is 0.293 e. The van der Waals surface area contributed by atoms with Gasteiger partial charge in [0.1, 0.15) is 5.69 Å². The molecule has 0 atom stereocenters. The van der Waals surface area contributed by atoms with Gasteiger partial charge in [-0.2, -0.15) is 5.10 Å². The Kier molecular flexibility index (Phi) is 6.25. The fourth-order valence-corrected chi connectivity index (χ4v) is 2.92. The second-order valence-corrected chi connectivity index (χ2v) is 6.16. The van der Waals surface area contributed by atoms with Crippen molar-refractivity contribution in [3.05, 3.63) is 57.6 Å². The molecule has 3 rings (SSSR count). The Labute approximate surface area is 166 Å². The van der Waals surface area contributed by atoms with Crippen LogP contribution in [0.25, 0.3) is 0 Å². The second kappa shape index (κ2) is 9.02. The third-order valence-electron chi connectivity index (χ3n) is 4.41. The van der Waals surface area contributed by atoms with Gasteiger partial charge in [-0.3, -0.25) is 14.9 Å². The number of hydrazone groups is 1. The summed E-state index contributed by atoms with van der Waals surface area (Å²) in [5.74, 6) is -0.451. The summed E-state index contributed by atoms with van der Waals surface area (Å²) in [6.07, 6.45) is 1.26. The van der Waals surface area contributed by atoms with Gasteiger partial charge in [0.15, 0.2) is 11.5 Å². The molecule has 152 valence electrons. The molecule has 29 heavy (non-hydrogen) atoms. The molecule has 0 bridgehead atoms. The molecule has 0 unspecified atom stereocenters. The van der Waals surface area contributed by atoms with E-state index in [4.69, 9.17) is 9.47 Å². The summed E-state index contributed by atoms with van der Waals surface area (Å²) in [4.78, 5) is 25.2. The highest BCUT2D eigenvalue weighted by molar-refractivity contribution is 5.96. The molecule has 1 heterocycles. The van der Waals surface area contributed by atoms with Gasteiger partial charge in [-0.1, -0.05) is 6.07 Å². The second-order valence-electron chi connectivity index (χ2n) is 6.16. The molecular formula is C19H20N4O6. The van der Waals surface area contributed by atoms with Crippen LogP contribution in [0.1, 0.15) is 15.9 Å². The van der Waals surface area contributed by atoms with E-state index in [2.05, 4.69) is 10.5 Å². The molecule has 0 radical (unpaired) electrons. The lowest BCUT2D eigenvalue weighted by molar-refractivity contribution is -0.384. The van der Waals surface area contributed by atoms with Crippen LogP contribution in [0.15, 0.2) is 41.5 Å². The average molecular weight is 400 g/mol. The molecule has 2 aromatic rings. The number of carbonyl (C=O) groups excluding carboxylic acids is 1. The van der Waals surface area contributed by atoms with E-state index in [1.165, 1.54) is 25.5 Å². The molecule has 1 amide bonds. The van der Waals surface area contributed by atoms with Gasteiger partial charge in [0.25, 0.3) is 11.6 Å². The minimum Gasteiger partial charge on any atom is -0.504 e. The van der Waals surface area contributed by atoms with Crippen LogP contribution in [0.4, 0.5) is 11.4 Å². The van der Waals surface area contributed by atoms with E-state index in [1.807, 2.05) is 4.90 Å². The maximum atomic E-state index is 12.3. The molecule has 0 aromatic heterocycles. The Balaban J connectivity index is 1.75. The largest absolute Gasteiger partial charge is 0.504 e. The SMILES string of the molecule is COc1cccc(/C=N/NC(=O)c2ccc(N3CCOCC3)c([N+](=O)[O-])c2)c1O. The van der Waals surface area contributed by atoms with E-state index in [-0.39, 0.29) is 22.7 Å². The number of carbonyl (C=O) groups is 1. The van der Waals surface area contributed by atoms with Crippen molar-refractivity contribution < 1.29 is 24.3 Å². The molecular weight excluding hydrogens is 380 g/mol. The first kappa shape index (κ1) is 20.1. The first-order valence-corrected chi connectivity index (χ1v) is 8.81. The van der Waals surface area contributed by atoms with Crippen molar-refractivity contribution in [1.29, 1.82) is 0 Å². The summed E-state index contributed by atoms with van der Waals surface area (Å²) in [6, 6.07) is 9.12. The number of nitro groups is 1. The summed E-state index contributed by atoms with van der Waals surface area (Å²) < 4.78 is 10.3. The quantitative estimate of drug-likeness (QED) is 0.431. The van der Waals surface area contributed by atoms with Crippen LogP contribution in [0.2, 0.25) is 0 Å². The number of nitrogens with one attached hydrogen (secondary N) is 1. The molecule has 1 fully saturated rings. The van der Waals surface area contributed by atoms with E-state index in [1.54, 1.807) is 24.3 Å². The van der Waals surface area contributed by atoms with Crippen molar-refractivity contribution in [3.8, 4) is 11.5 Å². The number of amides is 1. The molecule has 1 aliphatic heterocycles. The normalized spacial score (nSPS) is 14.0. The van der Waals surface area contributed by atoms with E-state index in [0.29, 0.717) is 37.6 Å². The van der Waals surface area contributed by atoms with Crippen LogP contribution in [0, 0.1) is 10.1 Å². The van der Waals surface area contributed by atoms with Gasteiger partial charge in [-0.25, -0.2) is 5.43 Å². The van der Waals surface area contributed by atoms with Gasteiger partial charge in [0.05, 0.1) is 31.5 Å². The zero-order valence-corrected chi connectivity index (χ0v) is 15.7. The predicted molar refractivity (Wildman–Crippen MR) is 106 cm³/mol. The monoisotopic (exact) mass is 400 g/mol. The number of nitro benzene ring substituents is 1. The molecule has 1 saturated heterocycles. The van der Waals surface area contributed by atoms with Crippen molar-refractivity contribution in [3.63, 3.8) is 0 Å². The fourth-order valence-electron chi connectivity index (χ4n) is 2.92. The maximum Gasteiger partial charge on any atom is 0.293 e. The number of para-hydroxylation sites is 1. The first-order chi connectivity index (χ1) is 14.0. The van der Waals surface area contributed by atoms with Crippen molar-refractivity contribution in [1.82, 2.24) is 5.43 Å². The number of methoxy groups -OCH3 is 1. The summed E-state index contributed by atoms with van der Waals surface area (Å²) >= 11 is 0. The van der Waals surface area contributed by atoms with Crippen molar-refractivity contribution in [2.75, 3.05) is 38.3 Å². The van der Waals surface area contributed by atoms with Gasteiger partial charge >= 0.3 is 0 Å². The minimum absolute atomic E-state index is 0.0979. The average Bonchev–Trinajstić information content (AvgIpc) is 2.75. The fraction of sp³-hybridized carbons (Fsp3) is 0.263. The summed E-state index contributed by atoms with van der Waals surface area (Å²) in [7, 11) is 1.42. The lowest BCUT2D eigenvalue weighted by Gasteiger charge is -2.28. The van der Waals surface area contributed by atoms with Crippen LogP contribution in [0.5, 0.6) is 11.5 Å². The Bertz CT molecular complexity index is 940. The third kappa shape index (κ3) is 4.61. The van der Waals surface area contributed by atoms with Crippen LogP contribution in [-0.2, 0) is 4.74 Å². The Hall–Kier alpha value is -3.66. The number of ether oxygens (including phenoxy) is 2. The molecule has 10 nitrogen and oxygen atoms in total. The number of phenolic OH excluding ortho intramolecular Hbond substituents is 1. The van der Waals surface area contributed by atoms with Crippen LogP contribution in [0.3, 0.4) is 0 Å². The number of hydrogen-bond acceptors (Lipinski definition) is 8. The van der Waals surface area contributed by atoms with Crippen molar-refractivity contribution >= 4 is 23.5 Å². The third-order valence-corrected chi connectivity index (χ3v) is 4.41. The molecule has 1 aliphatic rings.